The predicted molar refractivity (Wildman–Crippen MR) is 75.4 cm³/mol. The normalized spacial score (nSPS) is 12.0. The molecule has 5 heteroatoms. The molecule has 108 valence electrons. The van der Waals surface area contributed by atoms with Crippen LogP contribution in [0.1, 0.15) is 10.4 Å². The van der Waals surface area contributed by atoms with Gasteiger partial charge in [0.15, 0.2) is 23.9 Å². The number of fused-ring (bicyclic) bond motifs is 1. The molecule has 1 heterocycles. The van der Waals surface area contributed by atoms with E-state index in [1.54, 1.807) is 49.6 Å². The first-order valence-electron chi connectivity index (χ1n) is 6.46. The van der Waals surface area contributed by atoms with Crippen molar-refractivity contribution in [2.45, 2.75) is 0 Å². The van der Waals surface area contributed by atoms with Crippen LogP contribution in [0.3, 0.4) is 0 Å². The zero-order valence-electron chi connectivity index (χ0n) is 11.5. The van der Waals surface area contributed by atoms with Crippen LogP contribution in [0.4, 0.5) is 0 Å². The maximum absolute atomic E-state index is 12.0. The van der Waals surface area contributed by atoms with Crippen LogP contribution in [-0.2, 0) is 0 Å². The number of hydrogen-bond acceptors (Lipinski definition) is 5. The van der Waals surface area contributed by atoms with Crippen LogP contribution in [0.5, 0.6) is 23.0 Å². The van der Waals surface area contributed by atoms with Crippen molar-refractivity contribution in [1.82, 2.24) is 0 Å². The van der Waals surface area contributed by atoms with Gasteiger partial charge in [0.25, 0.3) is 0 Å². The van der Waals surface area contributed by atoms with Crippen LogP contribution in [-0.4, -0.2) is 26.3 Å². The van der Waals surface area contributed by atoms with Crippen molar-refractivity contribution >= 4 is 5.78 Å². The molecule has 0 unspecified atom stereocenters. The number of carbonyl (C=O) groups is 1. The van der Waals surface area contributed by atoms with Gasteiger partial charge >= 0.3 is 0 Å². The van der Waals surface area contributed by atoms with Gasteiger partial charge in [-0.25, -0.2) is 0 Å². The molecule has 0 fully saturated rings. The van der Waals surface area contributed by atoms with Crippen LogP contribution in [0, 0.1) is 0 Å². The lowest BCUT2D eigenvalue weighted by Crippen LogP contribution is -2.11. The van der Waals surface area contributed by atoms with Crippen molar-refractivity contribution in [2.24, 2.45) is 0 Å². The number of methoxy groups -OCH3 is 1. The Morgan fingerprint density at radius 1 is 1.05 bits per heavy atom. The summed E-state index contributed by atoms with van der Waals surface area (Å²) >= 11 is 0. The Morgan fingerprint density at radius 3 is 2.52 bits per heavy atom. The van der Waals surface area contributed by atoms with Crippen molar-refractivity contribution in [2.75, 3.05) is 20.5 Å². The minimum absolute atomic E-state index is 0.0357. The molecule has 0 N–H and O–H groups in total. The summed E-state index contributed by atoms with van der Waals surface area (Å²) in [6.45, 7) is 0.176. The first-order valence-corrected chi connectivity index (χ1v) is 6.46. The maximum atomic E-state index is 12.0. The molecular formula is C16H14O5. The molecule has 21 heavy (non-hydrogen) atoms. The second-order valence-corrected chi connectivity index (χ2v) is 4.46. The van der Waals surface area contributed by atoms with Crippen molar-refractivity contribution in [3.63, 3.8) is 0 Å². The SMILES string of the molecule is COc1ccc(C(=O)COc2ccc3c(c2)OCO3)cc1. The average Bonchev–Trinajstić information content (AvgIpc) is 3.00. The van der Waals surface area contributed by atoms with Gasteiger partial charge in [0.2, 0.25) is 6.79 Å². The van der Waals surface area contributed by atoms with Gasteiger partial charge in [0.1, 0.15) is 11.5 Å². The van der Waals surface area contributed by atoms with Crippen LogP contribution < -0.4 is 18.9 Å². The highest BCUT2D eigenvalue weighted by atomic mass is 16.7. The monoisotopic (exact) mass is 286 g/mol. The zero-order chi connectivity index (χ0) is 14.7. The molecule has 1 aliphatic rings. The lowest BCUT2D eigenvalue weighted by Gasteiger charge is -2.07. The molecular weight excluding hydrogens is 272 g/mol. The summed E-state index contributed by atoms with van der Waals surface area (Å²) < 4.78 is 21.0. The van der Waals surface area contributed by atoms with E-state index in [4.69, 9.17) is 18.9 Å². The quantitative estimate of drug-likeness (QED) is 0.791. The van der Waals surface area contributed by atoms with Crippen molar-refractivity contribution < 1.29 is 23.7 Å². The van der Waals surface area contributed by atoms with Crippen molar-refractivity contribution in [1.29, 1.82) is 0 Å². The Balaban J connectivity index is 1.62. The standard InChI is InChI=1S/C16H14O5/c1-18-12-4-2-11(3-5-12)14(17)9-19-13-6-7-15-16(8-13)21-10-20-15/h2-8H,9-10H2,1H3. The smallest absolute Gasteiger partial charge is 0.231 e. The van der Waals surface area contributed by atoms with Gasteiger partial charge in [0, 0.05) is 11.6 Å². The summed E-state index contributed by atoms with van der Waals surface area (Å²) in [5.74, 6) is 2.49. The fraction of sp³-hybridized carbons (Fsp3) is 0.188. The predicted octanol–water partition coefficient (Wildman–Crippen LogP) is 2.69. The number of rotatable bonds is 5. The first kappa shape index (κ1) is 13.3. The van der Waals surface area contributed by atoms with Gasteiger partial charge in [-0.1, -0.05) is 0 Å². The molecule has 0 atom stereocenters. The third kappa shape index (κ3) is 2.91. The second-order valence-electron chi connectivity index (χ2n) is 4.46. The minimum atomic E-state index is -0.102. The highest BCUT2D eigenvalue weighted by Gasteiger charge is 2.14. The highest BCUT2D eigenvalue weighted by Crippen LogP contribution is 2.35. The van der Waals surface area contributed by atoms with E-state index in [0.717, 1.165) is 0 Å². The van der Waals surface area contributed by atoms with Gasteiger partial charge < -0.3 is 18.9 Å². The van der Waals surface area contributed by atoms with Crippen LogP contribution >= 0.6 is 0 Å². The third-order valence-corrected chi connectivity index (χ3v) is 3.13. The molecule has 2 aromatic rings. The number of ether oxygens (including phenoxy) is 4. The van der Waals surface area contributed by atoms with Gasteiger partial charge in [-0.2, -0.15) is 0 Å². The zero-order valence-corrected chi connectivity index (χ0v) is 11.5. The number of hydrogen-bond donors (Lipinski definition) is 0. The highest BCUT2D eigenvalue weighted by molar-refractivity contribution is 5.97. The second kappa shape index (κ2) is 5.75. The third-order valence-electron chi connectivity index (χ3n) is 3.13. The fourth-order valence-corrected chi connectivity index (χ4v) is 1.98. The molecule has 0 spiro atoms. The minimum Gasteiger partial charge on any atom is -0.497 e. The van der Waals surface area contributed by atoms with E-state index in [1.807, 2.05) is 0 Å². The van der Waals surface area contributed by atoms with Gasteiger partial charge in [0.05, 0.1) is 7.11 Å². The van der Waals surface area contributed by atoms with Crippen molar-refractivity contribution in [3.8, 4) is 23.0 Å². The van der Waals surface area contributed by atoms with Gasteiger partial charge in [-0.15, -0.1) is 0 Å². The molecule has 3 rings (SSSR count). The first-order chi connectivity index (χ1) is 10.3. The topological polar surface area (TPSA) is 54.0 Å². The molecule has 0 saturated carbocycles. The molecule has 2 aromatic carbocycles. The van der Waals surface area contributed by atoms with Crippen LogP contribution in [0.15, 0.2) is 42.5 Å². The summed E-state index contributed by atoms with van der Waals surface area (Å²) in [4.78, 5) is 12.0. The Labute approximate surface area is 122 Å². The summed E-state index contributed by atoms with van der Waals surface area (Å²) in [7, 11) is 1.58. The molecule has 0 aliphatic carbocycles. The Bertz CT molecular complexity index is 648. The molecule has 1 aliphatic heterocycles. The number of benzene rings is 2. The van der Waals surface area contributed by atoms with Crippen LogP contribution in [0.2, 0.25) is 0 Å². The van der Waals surface area contributed by atoms with Gasteiger partial charge in [-0.05, 0) is 36.4 Å². The van der Waals surface area contributed by atoms with Crippen molar-refractivity contribution in [3.05, 3.63) is 48.0 Å². The average molecular weight is 286 g/mol. The van der Waals surface area contributed by atoms with Gasteiger partial charge in [-0.3, -0.25) is 4.79 Å². The summed E-state index contributed by atoms with van der Waals surface area (Å²) in [5, 5.41) is 0. The van der Waals surface area contributed by atoms with E-state index < -0.39 is 0 Å². The number of carbonyl (C=O) groups excluding carboxylic acids is 1. The van der Waals surface area contributed by atoms with E-state index in [-0.39, 0.29) is 19.2 Å². The number of Topliss-reactive ketones (excluding diaryl/α,β-unsaturated/α-hetero) is 1. The molecule has 5 nitrogen and oxygen atoms in total. The lowest BCUT2D eigenvalue weighted by molar-refractivity contribution is 0.0921. The Morgan fingerprint density at radius 2 is 1.76 bits per heavy atom. The largest absolute Gasteiger partial charge is 0.497 e. The van der Waals surface area contributed by atoms with E-state index in [0.29, 0.717) is 28.6 Å². The fourth-order valence-electron chi connectivity index (χ4n) is 1.98. The van der Waals surface area contributed by atoms with E-state index in [2.05, 4.69) is 0 Å². The van der Waals surface area contributed by atoms with E-state index >= 15 is 0 Å². The molecule has 0 aromatic heterocycles. The van der Waals surface area contributed by atoms with E-state index in [1.165, 1.54) is 0 Å². The molecule has 0 saturated heterocycles. The molecule has 0 radical (unpaired) electrons. The van der Waals surface area contributed by atoms with Crippen LogP contribution in [0.25, 0.3) is 0 Å². The maximum Gasteiger partial charge on any atom is 0.231 e. The Kier molecular flexibility index (Phi) is 3.64. The summed E-state index contributed by atoms with van der Waals surface area (Å²) in [5.41, 5.74) is 0.580. The molecule has 0 amide bonds. The molecule has 0 bridgehead atoms. The summed E-state index contributed by atoms with van der Waals surface area (Å²) in [6.07, 6.45) is 0. The van der Waals surface area contributed by atoms with E-state index in [9.17, 15) is 4.79 Å². The number of ketones is 1. The lowest BCUT2D eigenvalue weighted by atomic mass is 10.1. The summed E-state index contributed by atoms with van der Waals surface area (Å²) in [6, 6.07) is 12.1. The Hall–Kier alpha value is -2.69.